The molecule has 0 bridgehead atoms. The van der Waals surface area contributed by atoms with Gasteiger partial charge in [0.2, 0.25) is 5.95 Å². The number of non-ortho nitro benzene ring substituents is 1. The van der Waals surface area contributed by atoms with E-state index in [1.54, 1.807) is 19.1 Å². The fourth-order valence-electron chi connectivity index (χ4n) is 3.51. The van der Waals surface area contributed by atoms with E-state index in [4.69, 9.17) is 0 Å². The zero-order chi connectivity index (χ0) is 25.9. The van der Waals surface area contributed by atoms with Crippen molar-refractivity contribution >= 4 is 27.5 Å². The topological polar surface area (TPSA) is 127 Å². The third-order valence-corrected chi connectivity index (χ3v) is 6.83. The molecular weight excluding hydrogens is 485 g/mol. The first-order chi connectivity index (χ1) is 17.1. The molecular formula is C25H22FN5O4S. The average molecular weight is 508 g/mol. The number of halogens is 1. The Morgan fingerprint density at radius 3 is 2.42 bits per heavy atom. The molecule has 0 fully saturated rings. The minimum Gasteiger partial charge on any atom is -0.348 e. The van der Waals surface area contributed by atoms with E-state index in [0.717, 1.165) is 22.8 Å². The van der Waals surface area contributed by atoms with Crippen LogP contribution in [-0.4, -0.2) is 23.3 Å². The first kappa shape index (κ1) is 24.7. The fourth-order valence-corrected chi connectivity index (χ4v) is 4.55. The molecule has 4 aromatic rings. The van der Waals surface area contributed by atoms with Gasteiger partial charge in [0.05, 0.1) is 15.9 Å². The van der Waals surface area contributed by atoms with Crippen LogP contribution in [0.1, 0.15) is 24.1 Å². The summed E-state index contributed by atoms with van der Waals surface area (Å²) in [6, 6.07) is 18.6. The van der Waals surface area contributed by atoms with Gasteiger partial charge in [-0.05, 0) is 60.4 Å². The lowest BCUT2D eigenvalue weighted by Gasteiger charge is -2.16. The van der Waals surface area contributed by atoms with Crippen LogP contribution >= 0.6 is 0 Å². The predicted molar refractivity (Wildman–Crippen MR) is 135 cm³/mol. The maximum absolute atomic E-state index is 13.6. The van der Waals surface area contributed by atoms with Crippen molar-refractivity contribution in [3.8, 4) is 11.1 Å². The first-order valence-corrected chi connectivity index (χ1v) is 12.3. The van der Waals surface area contributed by atoms with E-state index in [1.165, 1.54) is 36.5 Å². The van der Waals surface area contributed by atoms with Crippen molar-refractivity contribution < 1.29 is 17.7 Å². The summed E-state index contributed by atoms with van der Waals surface area (Å²) in [5.41, 5.74) is 3.03. The van der Waals surface area contributed by atoms with E-state index < -0.39 is 14.9 Å². The average Bonchev–Trinajstić information content (AvgIpc) is 2.86. The molecule has 0 unspecified atom stereocenters. The van der Waals surface area contributed by atoms with Crippen LogP contribution in [0.3, 0.4) is 0 Å². The van der Waals surface area contributed by atoms with Crippen molar-refractivity contribution in [1.29, 1.82) is 0 Å². The molecule has 0 aliphatic carbocycles. The molecule has 1 heterocycles. The van der Waals surface area contributed by atoms with Gasteiger partial charge in [0.15, 0.2) is 0 Å². The number of anilines is 2. The maximum atomic E-state index is 13.6. The smallest absolute Gasteiger partial charge is 0.270 e. The van der Waals surface area contributed by atoms with Crippen LogP contribution in [0.25, 0.3) is 11.1 Å². The highest BCUT2D eigenvalue weighted by Gasteiger charge is 2.19. The lowest BCUT2D eigenvalue weighted by atomic mass is 10.00. The molecule has 0 aliphatic heterocycles. The Morgan fingerprint density at radius 1 is 1.00 bits per heavy atom. The first-order valence-electron chi connectivity index (χ1n) is 10.9. The summed E-state index contributed by atoms with van der Waals surface area (Å²) in [5.74, 6) is -0.0454. The zero-order valence-corrected chi connectivity index (χ0v) is 20.2. The summed E-state index contributed by atoms with van der Waals surface area (Å²) in [5, 5.41) is 14.1. The Morgan fingerprint density at radius 2 is 1.72 bits per heavy atom. The van der Waals surface area contributed by atoms with Gasteiger partial charge in [0.1, 0.15) is 11.6 Å². The van der Waals surface area contributed by atoms with Crippen molar-refractivity contribution in [2.24, 2.45) is 0 Å². The summed E-state index contributed by atoms with van der Waals surface area (Å²) in [7, 11) is -4.10. The maximum Gasteiger partial charge on any atom is 0.270 e. The van der Waals surface area contributed by atoms with E-state index in [9.17, 15) is 22.9 Å². The van der Waals surface area contributed by atoms with Gasteiger partial charge in [-0.15, -0.1) is 0 Å². The van der Waals surface area contributed by atoms with Crippen molar-refractivity contribution in [2.45, 2.75) is 24.8 Å². The zero-order valence-electron chi connectivity index (χ0n) is 19.3. The molecule has 1 atom stereocenters. The second-order valence-electron chi connectivity index (χ2n) is 8.08. The Bertz CT molecular complexity index is 1530. The molecule has 4 rings (SSSR count). The molecule has 0 saturated carbocycles. The van der Waals surface area contributed by atoms with Crippen molar-refractivity contribution in [1.82, 2.24) is 9.97 Å². The highest BCUT2D eigenvalue weighted by atomic mass is 32.2. The van der Waals surface area contributed by atoms with Crippen molar-refractivity contribution in [3.05, 3.63) is 106 Å². The molecule has 2 N–H and O–H groups in total. The van der Waals surface area contributed by atoms with E-state index in [1.807, 2.05) is 31.2 Å². The number of nitro groups is 1. The van der Waals surface area contributed by atoms with Gasteiger partial charge in [-0.1, -0.05) is 36.4 Å². The van der Waals surface area contributed by atoms with E-state index in [2.05, 4.69) is 20.0 Å². The Labute approximate surface area is 207 Å². The molecule has 11 heteroatoms. The minimum absolute atomic E-state index is 0.00762. The molecule has 184 valence electrons. The summed E-state index contributed by atoms with van der Waals surface area (Å²) in [6.45, 7) is 3.62. The predicted octanol–water partition coefficient (Wildman–Crippen LogP) is 5.47. The summed E-state index contributed by atoms with van der Waals surface area (Å²) in [4.78, 5) is 18.4. The molecule has 0 radical (unpaired) electrons. The fraction of sp³-hybridized carbons (Fsp3) is 0.120. The quantitative estimate of drug-likeness (QED) is 0.239. The number of nitrogens with one attached hydrogen (secondary N) is 2. The highest BCUT2D eigenvalue weighted by Crippen LogP contribution is 2.25. The van der Waals surface area contributed by atoms with Crippen LogP contribution in [0.15, 0.2) is 83.9 Å². The molecule has 0 spiro atoms. The summed E-state index contributed by atoms with van der Waals surface area (Å²) < 4.78 is 41.2. The molecule has 1 aromatic heterocycles. The monoisotopic (exact) mass is 507 g/mol. The SMILES string of the molecule is Cc1cc(-c2ccc([C@H](C)Nc3nccc(NS(=O)(=O)c4cccc([N+](=O)[O-])c4)n3)cc2)ccc1F. The molecule has 9 nitrogen and oxygen atoms in total. The largest absolute Gasteiger partial charge is 0.348 e. The van der Waals surface area contributed by atoms with Crippen LogP contribution in [0.4, 0.5) is 21.8 Å². The molecule has 0 aliphatic rings. The number of sulfonamides is 1. The van der Waals surface area contributed by atoms with Crippen molar-refractivity contribution in [3.63, 3.8) is 0 Å². The number of hydrogen-bond acceptors (Lipinski definition) is 7. The van der Waals surface area contributed by atoms with E-state index >= 15 is 0 Å². The number of hydrogen-bond donors (Lipinski definition) is 2. The van der Waals surface area contributed by atoms with Crippen LogP contribution in [0.2, 0.25) is 0 Å². The number of aromatic nitrogens is 2. The van der Waals surface area contributed by atoms with Gasteiger partial charge in [-0.25, -0.2) is 17.8 Å². The number of benzene rings is 3. The normalized spacial score (nSPS) is 12.1. The van der Waals surface area contributed by atoms with Crippen LogP contribution in [0.5, 0.6) is 0 Å². The van der Waals surface area contributed by atoms with Crippen LogP contribution < -0.4 is 10.0 Å². The summed E-state index contributed by atoms with van der Waals surface area (Å²) in [6.07, 6.45) is 1.40. The van der Waals surface area contributed by atoms with Crippen LogP contribution in [-0.2, 0) is 10.0 Å². The minimum atomic E-state index is -4.10. The van der Waals surface area contributed by atoms with E-state index in [0.29, 0.717) is 5.56 Å². The van der Waals surface area contributed by atoms with Gasteiger partial charge in [-0.2, -0.15) is 4.98 Å². The van der Waals surface area contributed by atoms with Crippen LogP contribution in [0, 0.1) is 22.9 Å². The summed E-state index contributed by atoms with van der Waals surface area (Å²) >= 11 is 0. The van der Waals surface area contributed by atoms with Gasteiger partial charge >= 0.3 is 0 Å². The van der Waals surface area contributed by atoms with Gasteiger partial charge in [0, 0.05) is 18.3 Å². The van der Waals surface area contributed by atoms with E-state index in [-0.39, 0.29) is 34.2 Å². The van der Waals surface area contributed by atoms with Gasteiger partial charge < -0.3 is 5.32 Å². The van der Waals surface area contributed by atoms with Gasteiger partial charge in [-0.3, -0.25) is 14.8 Å². The number of rotatable bonds is 8. The van der Waals surface area contributed by atoms with Gasteiger partial charge in [0.25, 0.3) is 15.7 Å². The molecule has 36 heavy (non-hydrogen) atoms. The number of nitrogens with zero attached hydrogens (tertiary/aromatic N) is 3. The molecule has 0 saturated heterocycles. The standard InChI is InChI=1S/C25H22FN5O4S/c1-16-14-20(10-11-23(16)26)19-8-6-18(7-9-19)17(2)28-25-27-13-12-24(29-25)30-36(34,35)22-5-3-4-21(15-22)31(32)33/h3-15,17H,1-2H3,(H2,27,28,29,30)/t17-/m0/s1. The molecule has 3 aromatic carbocycles. The molecule has 0 amide bonds. The number of aryl methyl sites for hydroxylation is 1. The third kappa shape index (κ3) is 5.63. The Balaban J connectivity index is 1.47. The van der Waals surface area contributed by atoms with Crippen molar-refractivity contribution in [2.75, 3.05) is 10.0 Å². The Hall–Kier alpha value is -4.38. The second-order valence-corrected chi connectivity index (χ2v) is 9.76. The highest BCUT2D eigenvalue weighted by molar-refractivity contribution is 7.92. The Kier molecular flexibility index (Phi) is 6.93. The number of nitro benzene ring substituents is 1. The lowest BCUT2D eigenvalue weighted by molar-refractivity contribution is -0.385. The lowest BCUT2D eigenvalue weighted by Crippen LogP contribution is -2.15. The second kappa shape index (κ2) is 10.1. The third-order valence-electron chi connectivity index (χ3n) is 5.48.